The van der Waals surface area contributed by atoms with Crippen LogP contribution in [0, 0.1) is 41.4 Å². The van der Waals surface area contributed by atoms with E-state index in [1.54, 1.807) is 19.9 Å². The zero-order chi connectivity index (χ0) is 36.5. The van der Waals surface area contributed by atoms with Crippen molar-refractivity contribution in [2.45, 2.75) is 175 Å². The van der Waals surface area contributed by atoms with E-state index in [-0.39, 0.29) is 48.4 Å². The standard InChI is InChI=1S/C40H68O9/c1-9-31(41)20-35-26(5)17-18-40(48-35)23-37-29(8)36(49-40)22-34(44)30(19-24(2)3)14-12-10-11-13-25(4)32(42)21-33(43)28(7)39(46)27(6)15-16-38(45)47-37/h12,14-16,24-33,35-37,39,41-43,46H,9-11,13,17-23H2,1-8H3/b14-12-,16-15+/t25-,26-,27-,28+,29-,30+,31+,32+,33-,35-,36+,37-,39+,40+/m0/s1. The minimum atomic E-state index is -1.04. The van der Waals surface area contributed by atoms with E-state index in [9.17, 15) is 30.0 Å². The van der Waals surface area contributed by atoms with Crippen LogP contribution in [0.3, 0.4) is 0 Å². The monoisotopic (exact) mass is 692 g/mol. The topological polar surface area (TPSA) is 143 Å². The Morgan fingerprint density at radius 1 is 0.898 bits per heavy atom. The maximum absolute atomic E-state index is 14.0. The number of aliphatic hydroxyl groups is 4. The van der Waals surface area contributed by atoms with Crippen molar-refractivity contribution >= 4 is 11.8 Å². The zero-order valence-electron chi connectivity index (χ0n) is 31.5. The van der Waals surface area contributed by atoms with Gasteiger partial charge in [-0.1, -0.05) is 73.6 Å². The maximum Gasteiger partial charge on any atom is 0.330 e. The van der Waals surface area contributed by atoms with E-state index in [0.29, 0.717) is 38.0 Å². The Morgan fingerprint density at radius 2 is 1.61 bits per heavy atom. The van der Waals surface area contributed by atoms with Gasteiger partial charge in [0.1, 0.15) is 11.9 Å². The molecule has 4 N–H and O–H groups in total. The number of rotatable bonds is 5. The van der Waals surface area contributed by atoms with Gasteiger partial charge in [0.05, 0.1) is 36.6 Å². The van der Waals surface area contributed by atoms with Crippen LogP contribution >= 0.6 is 0 Å². The van der Waals surface area contributed by atoms with E-state index in [0.717, 1.165) is 25.7 Å². The van der Waals surface area contributed by atoms with Crippen molar-refractivity contribution in [2.75, 3.05) is 0 Å². The molecule has 0 aromatic carbocycles. The summed E-state index contributed by atoms with van der Waals surface area (Å²) in [5, 5.41) is 43.2. The van der Waals surface area contributed by atoms with Crippen molar-refractivity contribution in [3.63, 3.8) is 0 Å². The number of carbonyl (C=O) groups excluding carboxylic acids is 2. The van der Waals surface area contributed by atoms with Crippen molar-refractivity contribution < 1.29 is 44.2 Å². The molecule has 0 amide bonds. The third-order valence-corrected chi connectivity index (χ3v) is 11.6. The van der Waals surface area contributed by atoms with Gasteiger partial charge in [0.25, 0.3) is 0 Å². The molecule has 9 nitrogen and oxygen atoms in total. The van der Waals surface area contributed by atoms with Crippen LogP contribution in [0.1, 0.15) is 126 Å². The van der Waals surface area contributed by atoms with Crippen molar-refractivity contribution in [3.05, 3.63) is 24.3 Å². The lowest BCUT2D eigenvalue weighted by molar-refractivity contribution is -0.346. The molecule has 3 heterocycles. The molecule has 3 rings (SSSR count). The van der Waals surface area contributed by atoms with Crippen LogP contribution in [0.25, 0.3) is 0 Å². The number of fused-ring (bicyclic) bond motifs is 2. The molecule has 0 unspecified atom stereocenters. The molecule has 0 saturated carbocycles. The molecule has 1 spiro atoms. The first-order valence-electron chi connectivity index (χ1n) is 19.2. The lowest BCUT2D eigenvalue weighted by Crippen LogP contribution is -2.57. The highest BCUT2D eigenvalue weighted by Gasteiger charge is 2.52. The van der Waals surface area contributed by atoms with Gasteiger partial charge in [-0.25, -0.2) is 4.79 Å². The lowest BCUT2D eigenvalue weighted by Gasteiger charge is -2.51. The van der Waals surface area contributed by atoms with Crippen molar-refractivity contribution in [2.24, 2.45) is 41.4 Å². The van der Waals surface area contributed by atoms with Gasteiger partial charge in [0.15, 0.2) is 5.79 Å². The second-order valence-corrected chi connectivity index (χ2v) is 16.3. The Labute approximate surface area is 295 Å². The predicted molar refractivity (Wildman–Crippen MR) is 190 cm³/mol. The number of esters is 1. The number of aliphatic hydroxyl groups excluding tert-OH is 4. The Morgan fingerprint density at radius 3 is 2.29 bits per heavy atom. The molecule has 2 fully saturated rings. The van der Waals surface area contributed by atoms with Crippen LogP contribution in [0.5, 0.6) is 0 Å². The highest BCUT2D eigenvalue weighted by atomic mass is 16.7. The Balaban J connectivity index is 1.94. The second kappa shape index (κ2) is 19.3. The molecule has 3 aliphatic rings. The predicted octanol–water partition coefficient (Wildman–Crippen LogP) is 6.29. The molecule has 49 heavy (non-hydrogen) atoms. The number of carbonyl (C=O) groups is 2. The fraction of sp³-hybridized carbons (Fsp3) is 0.850. The van der Waals surface area contributed by atoms with E-state index < -0.39 is 60.2 Å². The molecule has 282 valence electrons. The normalized spacial score (nSPS) is 42.9. The minimum absolute atomic E-state index is 0.0366. The quantitative estimate of drug-likeness (QED) is 0.193. The summed E-state index contributed by atoms with van der Waals surface area (Å²) >= 11 is 0. The number of Topliss-reactive ketones (excluding diaryl/α,β-unsaturated/α-hetero) is 1. The number of hydrogen-bond donors (Lipinski definition) is 4. The zero-order valence-corrected chi connectivity index (χ0v) is 31.5. The van der Waals surface area contributed by atoms with Crippen molar-refractivity contribution in [1.29, 1.82) is 0 Å². The summed E-state index contributed by atoms with van der Waals surface area (Å²) in [5.74, 6) is -2.53. The summed E-state index contributed by atoms with van der Waals surface area (Å²) in [4.78, 5) is 27.3. The van der Waals surface area contributed by atoms with E-state index in [1.165, 1.54) is 6.08 Å². The fourth-order valence-corrected chi connectivity index (χ4v) is 7.70. The summed E-state index contributed by atoms with van der Waals surface area (Å²) in [7, 11) is 0. The molecule has 3 aliphatic heterocycles. The first-order chi connectivity index (χ1) is 23.1. The average molecular weight is 693 g/mol. The van der Waals surface area contributed by atoms with Gasteiger partial charge in [-0.2, -0.15) is 0 Å². The molecule has 9 heteroatoms. The minimum Gasteiger partial charge on any atom is -0.459 e. The van der Waals surface area contributed by atoms with Crippen molar-refractivity contribution in [3.8, 4) is 0 Å². The summed E-state index contributed by atoms with van der Waals surface area (Å²) in [6, 6.07) is 0. The molecule has 2 saturated heterocycles. The number of hydrogen-bond acceptors (Lipinski definition) is 9. The first kappa shape index (κ1) is 41.8. The third-order valence-electron chi connectivity index (χ3n) is 11.6. The number of ether oxygens (including phenoxy) is 3. The van der Waals surface area contributed by atoms with Gasteiger partial charge in [-0.15, -0.1) is 0 Å². The molecule has 14 atom stereocenters. The lowest BCUT2D eigenvalue weighted by atomic mass is 9.79. The summed E-state index contributed by atoms with van der Waals surface area (Å²) < 4.78 is 19.6. The third kappa shape index (κ3) is 12.2. The van der Waals surface area contributed by atoms with E-state index in [1.807, 2.05) is 26.8 Å². The van der Waals surface area contributed by atoms with Crippen LogP contribution < -0.4 is 0 Å². The SMILES string of the molecule is CC[C@@H](O)C[C@@H]1O[C@@]2(CC[C@@H]1C)C[C@@H]1OC(=O)/C=C/[C@H](C)[C@@H](O)[C@H](C)[C@@H](O)C[C@@H](O)[C@@H](C)CCC/C=C\[C@H](CC(C)C)C(=O)C[C@@H](O2)[C@@H]1C. The van der Waals surface area contributed by atoms with E-state index in [2.05, 4.69) is 26.8 Å². The summed E-state index contributed by atoms with van der Waals surface area (Å²) in [6.45, 7) is 15.8. The van der Waals surface area contributed by atoms with Crippen LogP contribution in [0.4, 0.5) is 0 Å². The highest BCUT2D eigenvalue weighted by molar-refractivity contribution is 5.83. The molecule has 0 aromatic rings. The van der Waals surface area contributed by atoms with Crippen LogP contribution in [0.15, 0.2) is 24.3 Å². The molecule has 0 aliphatic carbocycles. The van der Waals surface area contributed by atoms with E-state index >= 15 is 0 Å². The molecule has 0 radical (unpaired) electrons. The second-order valence-electron chi connectivity index (χ2n) is 16.3. The summed E-state index contributed by atoms with van der Waals surface area (Å²) in [6.07, 6.45) is 8.93. The largest absolute Gasteiger partial charge is 0.459 e. The summed E-state index contributed by atoms with van der Waals surface area (Å²) in [5.41, 5.74) is 0. The Bertz CT molecular complexity index is 1090. The van der Waals surface area contributed by atoms with Crippen LogP contribution in [-0.2, 0) is 23.8 Å². The molecular weight excluding hydrogens is 624 g/mol. The van der Waals surface area contributed by atoms with Gasteiger partial charge in [-0.3, -0.25) is 4.79 Å². The van der Waals surface area contributed by atoms with Crippen LogP contribution in [0.2, 0.25) is 0 Å². The molecule has 2 bridgehead atoms. The smallest absolute Gasteiger partial charge is 0.330 e. The van der Waals surface area contributed by atoms with E-state index in [4.69, 9.17) is 14.2 Å². The molecular formula is C40H68O9. The fourth-order valence-electron chi connectivity index (χ4n) is 7.70. The van der Waals surface area contributed by atoms with Crippen LogP contribution in [-0.4, -0.2) is 80.7 Å². The van der Waals surface area contributed by atoms with Gasteiger partial charge < -0.3 is 34.6 Å². The first-order valence-corrected chi connectivity index (χ1v) is 19.2. The van der Waals surface area contributed by atoms with Gasteiger partial charge >= 0.3 is 5.97 Å². The van der Waals surface area contributed by atoms with Crippen molar-refractivity contribution in [1.82, 2.24) is 0 Å². The number of ketones is 1. The highest BCUT2D eigenvalue weighted by Crippen LogP contribution is 2.45. The van der Waals surface area contributed by atoms with Gasteiger partial charge in [0, 0.05) is 49.0 Å². The average Bonchev–Trinajstić information content (AvgIpc) is 3.05. The maximum atomic E-state index is 14.0. The Kier molecular flexibility index (Phi) is 16.4. The molecule has 0 aromatic heterocycles. The van der Waals surface area contributed by atoms with Gasteiger partial charge in [0.2, 0.25) is 0 Å². The Hall–Kier alpha value is -1.62. The van der Waals surface area contributed by atoms with Gasteiger partial charge in [-0.05, 0) is 69.1 Å². The number of allylic oxidation sites excluding steroid dienone is 2.